The van der Waals surface area contributed by atoms with Gasteiger partial charge < -0.3 is 20.4 Å². The normalized spacial score (nSPS) is 21.4. The summed E-state index contributed by atoms with van der Waals surface area (Å²) in [6, 6.07) is 9.35. The van der Waals surface area contributed by atoms with Crippen LogP contribution in [0.2, 0.25) is 0 Å². The Bertz CT molecular complexity index is 755. The van der Waals surface area contributed by atoms with Crippen LogP contribution in [-0.2, 0) is 9.59 Å². The average molecular weight is 415 g/mol. The minimum absolute atomic E-state index is 0.0738. The molecule has 0 spiro atoms. The summed E-state index contributed by atoms with van der Waals surface area (Å²) in [5.41, 5.74) is 0.641. The van der Waals surface area contributed by atoms with E-state index in [1.807, 2.05) is 56.0 Å². The maximum Gasteiger partial charge on any atom is 0.317 e. The third-order valence-electron chi connectivity index (χ3n) is 5.45. The second-order valence-electron chi connectivity index (χ2n) is 9.31. The lowest BCUT2D eigenvalue weighted by Gasteiger charge is -2.33. The van der Waals surface area contributed by atoms with Gasteiger partial charge in [-0.2, -0.15) is 0 Å². The van der Waals surface area contributed by atoms with Crippen LogP contribution in [0.4, 0.5) is 4.79 Å². The summed E-state index contributed by atoms with van der Waals surface area (Å²) in [7, 11) is 0. The fourth-order valence-corrected chi connectivity index (χ4v) is 3.79. The summed E-state index contributed by atoms with van der Waals surface area (Å²) < 4.78 is 0. The Morgan fingerprint density at radius 3 is 2.40 bits per heavy atom. The highest BCUT2D eigenvalue weighted by atomic mass is 16.2. The Morgan fingerprint density at radius 2 is 1.77 bits per heavy atom. The van der Waals surface area contributed by atoms with Crippen LogP contribution < -0.4 is 10.6 Å². The molecule has 1 aliphatic heterocycles. The van der Waals surface area contributed by atoms with Gasteiger partial charge in [0.2, 0.25) is 11.8 Å². The molecule has 7 heteroatoms. The fraction of sp³-hybridized carbons (Fsp3) is 0.609. The van der Waals surface area contributed by atoms with E-state index in [0.717, 1.165) is 18.4 Å². The van der Waals surface area contributed by atoms with E-state index in [-0.39, 0.29) is 41.8 Å². The number of carbonyl (C=O) groups is 3. The molecule has 1 heterocycles. The van der Waals surface area contributed by atoms with Crippen LogP contribution in [0.25, 0.3) is 0 Å². The molecule has 1 atom stereocenters. The van der Waals surface area contributed by atoms with Gasteiger partial charge in [-0.3, -0.25) is 9.59 Å². The fourth-order valence-electron chi connectivity index (χ4n) is 3.79. The number of urea groups is 1. The van der Waals surface area contributed by atoms with Gasteiger partial charge in [-0.1, -0.05) is 30.3 Å². The van der Waals surface area contributed by atoms with Crippen LogP contribution in [0.3, 0.4) is 0 Å². The first-order chi connectivity index (χ1) is 14.2. The number of nitrogens with one attached hydrogen (secondary N) is 2. The Hall–Kier alpha value is -2.57. The summed E-state index contributed by atoms with van der Waals surface area (Å²) in [5, 5.41) is 5.92. The molecule has 0 radical (unpaired) electrons. The smallest absolute Gasteiger partial charge is 0.317 e. The minimum Gasteiger partial charge on any atom is -0.354 e. The third kappa shape index (κ3) is 6.21. The molecular weight excluding hydrogens is 380 g/mol. The molecular formula is C23H34N4O3. The van der Waals surface area contributed by atoms with Crippen molar-refractivity contribution in [2.75, 3.05) is 26.2 Å². The molecule has 30 heavy (non-hydrogen) atoms. The molecule has 4 amide bonds. The topological polar surface area (TPSA) is 81.8 Å². The predicted molar refractivity (Wildman–Crippen MR) is 116 cm³/mol. The highest BCUT2D eigenvalue weighted by Gasteiger charge is 2.37. The van der Waals surface area contributed by atoms with E-state index >= 15 is 0 Å². The van der Waals surface area contributed by atoms with Crippen molar-refractivity contribution in [3.8, 4) is 0 Å². The van der Waals surface area contributed by atoms with Gasteiger partial charge in [-0.25, -0.2) is 4.79 Å². The Labute approximate surface area is 179 Å². The number of hydrogen-bond acceptors (Lipinski definition) is 3. The highest BCUT2D eigenvalue weighted by Crippen LogP contribution is 2.35. The van der Waals surface area contributed by atoms with Crippen molar-refractivity contribution < 1.29 is 14.4 Å². The zero-order chi connectivity index (χ0) is 21.7. The quantitative estimate of drug-likeness (QED) is 0.781. The van der Waals surface area contributed by atoms with Crippen LogP contribution in [-0.4, -0.2) is 59.4 Å². The largest absolute Gasteiger partial charge is 0.354 e. The van der Waals surface area contributed by atoms with Gasteiger partial charge in [-0.15, -0.1) is 0 Å². The number of rotatable bonds is 2. The van der Waals surface area contributed by atoms with E-state index in [1.54, 1.807) is 4.90 Å². The Balaban J connectivity index is 1.80. The number of amides is 4. The van der Waals surface area contributed by atoms with Crippen LogP contribution in [0, 0.1) is 5.92 Å². The maximum atomic E-state index is 13.1. The van der Waals surface area contributed by atoms with Crippen molar-refractivity contribution in [2.24, 2.45) is 5.92 Å². The van der Waals surface area contributed by atoms with Crippen LogP contribution in [0.1, 0.15) is 58.1 Å². The molecule has 3 rings (SSSR count). The van der Waals surface area contributed by atoms with Gasteiger partial charge in [0.1, 0.15) is 0 Å². The van der Waals surface area contributed by atoms with Gasteiger partial charge in [0, 0.05) is 37.6 Å². The second-order valence-corrected chi connectivity index (χ2v) is 9.31. The Kier molecular flexibility index (Phi) is 7.00. The lowest BCUT2D eigenvalue weighted by molar-refractivity contribution is -0.136. The van der Waals surface area contributed by atoms with E-state index < -0.39 is 0 Å². The first-order valence-corrected chi connectivity index (χ1v) is 10.9. The van der Waals surface area contributed by atoms with Crippen LogP contribution in [0.15, 0.2) is 30.3 Å². The molecule has 2 N–H and O–H groups in total. The molecule has 1 saturated heterocycles. The molecule has 1 unspecified atom stereocenters. The molecule has 1 aromatic rings. The van der Waals surface area contributed by atoms with E-state index in [9.17, 15) is 14.4 Å². The molecule has 0 aromatic heterocycles. The average Bonchev–Trinajstić information content (AvgIpc) is 3.52. The van der Waals surface area contributed by atoms with Crippen molar-refractivity contribution >= 4 is 17.8 Å². The standard InChI is InChI=1S/C23H34N4O3/c1-23(2,3)25-22(30)26-13-7-14-27(21(29)18-10-11-18)19(16-20(28)24-12-15-26)17-8-5-4-6-9-17/h4-6,8-9,18-19H,7,10-16H2,1-3H3,(H,24,28)(H,25,30). The van der Waals surface area contributed by atoms with E-state index in [4.69, 9.17) is 0 Å². The summed E-state index contributed by atoms with van der Waals surface area (Å²) in [4.78, 5) is 42.1. The number of hydrogen-bond donors (Lipinski definition) is 2. The van der Waals surface area contributed by atoms with Crippen molar-refractivity contribution in [3.63, 3.8) is 0 Å². The molecule has 1 aromatic carbocycles. The molecule has 0 bridgehead atoms. The molecule has 1 saturated carbocycles. The Morgan fingerprint density at radius 1 is 1.07 bits per heavy atom. The van der Waals surface area contributed by atoms with Crippen molar-refractivity contribution in [1.82, 2.24) is 20.4 Å². The molecule has 2 aliphatic rings. The summed E-state index contributed by atoms with van der Waals surface area (Å²) >= 11 is 0. The van der Waals surface area contributed by atoms with Gasteiger partial charge in [0.05, 0.1) is 12.5 Å². The lowest BCUT2D eigenvalue weighted by Crippen LogP contribution is -2.50. The number of benzene rings is 1. The van der Waals surface area contributed by atoms with Gasteiger partial charge in [-0.05, 0) is 45.6 Å². The number of carbonyl (C=O) groups excluding carboxylic acids is 3. The first-order valence-electron chi connectivity index (χ1n) is 10.9. The van der Waals surface area contributed by atoms with Crippen LogP contribution in [0.5, 0.6) is 0 Å². The SMILES string of the molecule is CC(C)(C)NC(=O)N1CCCN(C(=O)C2CC2)C(c2ccccc2)CC(=O)NCC1. The number of nitrogens with zero attached hydrogens (tertiary/aromatic N) is 2. The van der Waals surface area contributed by atoms with Crippen molar-refractivity contribution in [1.29, 1.82) is 0 Å². The molecule has 7 nitrogen and oxygen atoms in total. The van der Waals surface area contributed by atoms with Gasteiger partial charge in [0.15, 0.2) is 0 Å². The lowest BCUT2D eigenvalue weighted by atomic mass is 10.0. The van der Waals surface area contributed by atoms with E-state index in [0.29, 0.717) is 32.6 Å². The molecule has 2 fully saturated rings. The van der Waals surface area contributed by atoms with E-state index in [1.165, 1.54) is 0 Å². The zero-order valence-corrected chi connectivity index (χ0v) is 18.3. The van der Waals surface area contributed by atoms with Crippen LogP contribution >= 0.6 is 0 Å². The monoisotopic (exact) mass is 414 g/mol. The molecule has 164 valence electrons. The van der Waals surface area contributed by atoms with E-state index in [2.05, 4.69) is 10.6 Å². The predicted octanol–water partition coefficient (Wildman–Crippen LogP) is 2.69. The summed E-state index contributed by atoms with van der Waals surface area (Å²) in [6.45, 7) is 7.74. The summed E-state index contributed by atoms with van der Waals surface area (Å²) in [6.07, 6.45) is 2.75. The first kappa shape index (κ1) is 22.1. The third-order valence-corrected chi connectivity index (χ3v) is 5.45. The summed E-state index contributed by atoms with van der Waals surface area (Å²) in [5.74, 6) is 0.0989. The maximum absolute atomic E-state index is 13.1. The van der Waals surface area contributed by atoms with Gasteiger partial charge in [0.25, 0.3) is 0 Å². The minimum atomic E-state index is -0.334. The highest BCUT2D eigenvalue weighted by molar-refractivity contribution is 5.83. The molecule has 1 aliphatic carbocycles. The van der Waals surface area contributed by atoms with Gasteiger partial charge >= 0.3 is 6.03 Å². The van der Waals surface area contributed by atoms with Crippen molar-refractivity contribution in [3.05, 3.63) is 35.9 Å². The van der Waals surface area contributed by atoms with Crippen molar-refractivity contribution in [2.45, 2.75) is 58.0 Å². The zero-order valence-electron chi connectivity index (χ0n) is 18.3. The second kappa shape index (κ2) is 9.49.